The second-order valence-electron chi connectivity index (χ2n) is 10.2. The summed E-state index contributed by atoms with van der Waals surface area (Å²) >= 11 is 0. The maximum absolute atomic E-state index is 13.5. The van der Waals surface area contributed by atoms with Crippen molar-refractivity contribution in [3.8, 4) is 0 Å². The van der Waals surface area contributed by atoms with Crippen molar-refractivity contribution in [2.24, 2.45) is 0 Å². The van der Waals surface area contributed by atoms with Gasteiger partial charge in [-0.15, -0.1) is 6.58 Å². The average Bonchev–Trinajstić information content (AvgIpc) is 3.32. The zero-order valence-electron chi connectivity index (χ0n) is 22.5. The molecule has 0 aliphatic carbocycles. The van der Waals surface area contributed by atoms with Gasteiger partial charge in [0.15, 0.2) is 0 Å². The van der Waals surface area contributed by atoms with E-state index in [-0.39, 0.29) is 30.3 Å². The van der Waals surface area contributed by atoms with Crippen molar-refractivity contribution in [2.45, 2.75) is 39.3 Å². The number of hydrogen-bond donors (Lipinski definition) is 0. The average molecular weight is 502 g/mol. The molecule has 1 heterocycles. The Kier molecular flexibility index (Phi) is 9.86. The Morgan fingerprint density at radius 3 is 2.30 bits per heavy atom. The Hall–Kier alpha value is -3.64. The number of carbonyl (C=O) groups excluding carboxylic acids is 2. The van der Waals surface area contributed by atoms with Crippen molar-refractivity contribution in [3.63, 3.8) is 0 Å². The fraction of sp³-hybridized carbons (Fsp3) is 0.355. The maximum Gasteiger partial charge on any atom is 0.254 e. The molecule has 0 bridgehead atoms. The Morgan fingerprint density at radius 1 is 0.973 bits per heavy atom. The summed E-state index contributed by atoms with van der Waals surface area (Å²) < 4.78 is 7.42. The summed E-state index contributed by atoms with van der Waals surface area (Å²) in [4.78, 5) is 30.1. The first-order chi connectivity index (χ1) is 17.7. The van der Waals surface area contributed by atoms with Crippen LogP contribution in [0, 0.1) is 0 Å². The first-order valence-electron chi connectivity index (χ1n) is 12.7. The number of aromatic nitrogens is 1. The van der Waals surface area contributed by atoms with Crippen molar-refractivity contribution >= 4 is 11.8 Å². The van der Waals surface area contributed by atoms with Gasteiger partial charge < -0.3 is 19.1 Å². The van der Waals surface area contributed by atoms with Crippen LogP contribution >= 0.6 is 0 Å². The number of hydrogen-bond acceptors (Lipinski definition) is 3. The van der Waals surface area contributed by atoms with Gasteiger partial charge in [-0.1, -0.05) is 69.3 Å². The lowest BCUT2D eigenvalue weighted by Gasteiger charge is -2.28. The molecule has 0 radical (unpaired) electrons. The summed E-state index contributed by atoms with van der Waals surface area (Å²) in [5.74, 6) is -0.320. The molecule has 0 fully saturated rings. The molecule has 3 aromatic rings. The molecule has 2 amide bonds. The smallest absolute Gasteiger partial charge is 0.254 e. The fourth-order valence-corrected chi connectivity index (χ4v) is 4.15. The number of amides is 2. The van der Waals surface area contributed by atoms with E-state index in [1.807, 2.05) is 60.8 Å². The molecule has 0 spiro atoms. The molecule has 0 unspecified atom stereocenters. The van der Waals surface area contributed by atoms with Crippen LogP contribution in [0.2, 0.25) is 0 Å². The number of carbonyl (C=O) groups is 2. The Bertz CT molecular complexity index is 1160. The van der Waals surface area contributed by atoms with Crippen LogP contribution in [0.4, 0.5) is 0 Å². The number of benzene rings is 2. The molecule has 0 saturated heterocycles. The third kappa shape index (κ3) is 7.92. The lowest BCUT2D eigenvalue weighted by atomic mass is 9.86. The van der Waals surface area contributed by atoms with Crippen molar-refractivity contribution in [1.82, 2.24) is 14.4 Å². The maximum atomic E-state index is 13.5. The van der Waals surface area contributed by atoms with Crippen molar-refractivity contribution in [3.05, 3.63) is 108 Å². The van der Waals surface area contributed by atoms with Gasteiger partial charge in [-0.05, 0) is 40.8 Å². The highest BCUT2D eigenvalue weighted by molar-refractivity contribution is 5.96. The van der Waals surface area contributed by atoms with Gasteiger partial charge in [0, 0.05) is 44.2 Å². The van der Waals surface area contributed by atoms with Gasteiger partial charge in [0.1, 0.15) is 6.54 Å². The second kappa shape index (κ2) is 13.1. The van der Waals surface area contributed by atoms with Crippen LogP contribution in [-0.4, -0.2) is 59.5 Å². The first-order valence-corrected chi connectivity index (χ1v) is 12.7. The van der Waals surface area contributed by atoms with Gasteiger partial charge >= 0.3 is 0 Å². The van der Waals surface area contributed by atoms with E-state index in [1.165, 1.54) is 5.56 Å². The van der Waals surface area contributed by atoms with Crippen LogP contribution in [0.1, 0.15) is 48.0 Å². The summed E-state index contributed by atoms with van der Waals surface area (Å²) in [5, 5.41) is 0. The summed E-state index contributed by atoms with van der Waals surface area (Å²) in [7, 11) is 1.62. The molecule has 37 heavy (non-hydrogen) atoms. The fourth-order valence-electron chi connectivity index (χ4n) is 4.15. The molecule has 0 aliphatic rings. The van der Waals surface area contributed by atoms with E-state index in [4.69, 9.17) is 4.74 Å². The van der Waals surface area contributed by atoms with Crippen LogP contribution in [0.25, 0.3) is 0 Å². The minimum atomic E-state index is -0.187. The largest absolute Gasteiger partial charge is 0.383 e. The lowest BCUT2D eigenvalue weighted by molar-refractivity contribution is -0.133. The second-order valence-corrected chi connectivity index (χ2v) is 10.2. The SMILES string of the molecule is C=CCN(CC(=O)N(CCOC)Cc1cccn1Cc1ccccc1)C(=O)c1ccc(C(C)(C)C)cc1. The quantitative estimate of drug-likeness (QED) is 0.323. The standard InChI is InChI=1S/C31H39N3O3/c1-6-18-34(30(36)26-14-16-27(17-15-26)31(2,3)4)24-29(35)33(20-21-37-5)23-28-13-10-19-32(28)22-25-11-8-7-9-12-25/h6-17,19H,1,18,20-24H2,2-5H3. The van der Waals surface area contributed by atoms with Crippen LogP contribution in [-0.2, 0) is 28.0 Å². The molecule has 0 atom stereocenters. The molecular weight excluding hydrogens is 462 g/mol. The van der Waals surface area contributed by atoms with E-state index < -0.39 is 0 Å². The zero-order chi connectivity index (χ0) is 26.8. The van der Waals surface area contributed by atoms with Gasteiger partial charge in [-0.3, -0.25) is 9.59 Å². The van der Waals surface area contributed by atoms with E-state index in [9.17, 15) is 9.59 Å². The van der Waals surface area contributed by atoms with Gasteiger partial charge in [-0.25, -0.2) is 0 Å². The predicted molar refractivity (Wildman–Crippen MR) is 149 cm³/mol. The topological polar surface area (TPSA) is 54.8 Å². The van der Waals surface area contributed by atoms with Crippen LogP contribution in [0.3, 0.4) is 0 Å². The van der Waals surface area contributed by atoms with Crippen LogP contribution in [0.5, 0.6) is 0 Å². The third-order valence-corrected chi connectivity index (χ3v) is 6.35. The van der Waals surface area contributed by atoms with Crippen molar-refractivity contribution < 1.29 is 14.3 Å². The van der Waals surface area contributed by atoms with Gasteiger partial charge in [-0.2, -0.15) is 0 Å². The molecule has 0 saturated carbocycles. The van der Waals surface area contributed by atoms with E-state index in [1.54, 1.807) is 23.0 Å². The highest BCUT2D eigenvalue weighted by Crippen LogP contribution is 2.22. The van der Waals surface area contributed by atoms with Crippen LogP contribution in [0.15, 0.2) is 85.6 Å². The van der Waals surface area contributed by atoms with Gasteiger partial charge in [0.2, 0.25) is 5.91 Å². The molecular formula is C31H39N3O3. The molecule has 6 heteroatoms. The van der Waals surface area contributed by atoms with E-state index in [0.29, 0.717) is 25.3 Å². The Morgan fingerprint density at radius 2 is 1.68 bits per heavy atom. The predicted octanol–water partition coefficient (Wildman–Crippen LogP) is 5.14. The summed E-state index contributed by atoms with van der Waals surface area (Å²) in [6.07, 6.45) is 3.68. The molecule has 3 rings (SSSR count). The van der Waals surface area contributed by atoms with Gasteiger partial charge in [0.25, 0.3) is 5.91 Å². The number of rotatable bonds is 12. The highest BCUT2D eigenvalue weighted by atomic mass is 16.5. The summed E-state index contributed by atoms with van der Waals surface area (Å²) in [5.41, 5.74) is 3.92. The number of methoxy groups -OCH3 is 1. The zero-order valence-corrected chi connectivity index (χ0v) is 22.5. The third-order valence-electron chi connectivity index (χ3n) is 6.35. The number of nitrogens with zero attached hydrogens (tertiary/aromatic N) is 3. The van der Waals surface area contributed by atoms with Gasteiger partial charge in [0.05, 0.1) is 13.2 Å². The molecule has 2 aromatic carbocycles. The molecule has 196 valence electrons. The van der Waals surface area contributed by atoms with Crippen molar-refractivity contribution in [2.75, 3.05) is 33.4 Å². The Labute approximate surface area is 221 Å². The summed E-state index contributed by atoms with van der Waals surface area (Å²) in [6, 6.07) is 21.9. The monoisotopic (exact) mass is 501 g/mol. The number of ether oxygens (including phenoxy) is 1. The lowest BCUT2D eigenvalue weighted by Crippen LogP contribution is -2.44. The van der Waals surface area contributed by atoms with Crippen LogP contribution < -0.4 is 0 Å². The molecule has 1 aromatic heterocycles. The highest BCUT2D eigenvalue weighted by Gasteiger charge is 2.23. The summed E-state index contributed by atoms with van der Waals surface area (Å²) in [6.45, 7) is 12.5. The van der Waals surface area contributed by atoms with E-state index in [0.717, 1.165) is 17.8 Å². The molecule has 0 aliphatic heterocycles. The normalized spacial score (nSPS) is 11.2. The molecule has 6 nitrogen and oxygen atoms in total. The molecule has 0 N–H and O–H groups in total. The first kappa shape index (κ1) is 27.9. The Balaban J connectivity index is 1.75. The minimum Gasteiger partial charge on any atom is -0.383 e. The van der Waals surface area contributed by atoms with E-state index in [2.05, 4.69) is 44.0 Å². The minimum absolute atomic E-state index is 0.00162. The van der Waals surface area contributed by atoms with E-state index >= 15 is 0 Å². The van der Waals surface area contributed by atoms with Crippen molar-refractivity contribution in [1.29, 1.82) is 0 Å².